The Balaban J connectivity index is 1.40. The second kappa shape index (κ2) is 8.16. The Kier molecular flexibility index (Phi) is 5.33. The second-order valence-electron chi connectivity index (χ2n) is 9.36. The number of nitrogen functional groups attached to an aromatic ring is 1. The van der Waals surface area contributed by atoms with Crippen LogP contribution in [0.2, 0.25) is 0 Å². The molecule has 2 fully saturated rings. The number of hydrogen-bond acceptors (Lipinski definition) is 8. The molecule has 0 bridgehead atoms. The first-order valence-corrected chi connectivity index (χ1v) is 11.4. The Morgan fingerprint density at radius 3 is 2.28 bits per heavy atom. The number of aliphatic hydroxyl groups excluding tert-OH is 1. The van der Waals surface area contributed by atoms with Gasteiger partial charge in [0, 0.05) is 31.0 Å². The number of aromatic nitrogens is 4. The van der Waals surface area contributed by atoms with Crippen LogP contribution in [-0.2, 0) is 5.41 Å². The summed E-state index contributed by atoms with van der Waals surface area (Å²) in [6, 6.07) is 9.35. The maximum absolute atomic E-state index is 9.81. The van der Waals surface area contributed by atoms with Crippen LogP contribution in [0, 0.1) is 5.92 Å². The van der Waals surface area contributed by atoms with Crippen LogP contribution >= 0.6 is 0 Å². The monoisotopic (exact) mass is 434 g/mol. The lowest BCUT2D eigenvalue weighted by atomic mass is 9.77. The molecule has 3 N–H and O–H groups in total. The van der Waals surface area contributed by atoms with Gasteiger partial charge in [-0.1, -0.05) is 29.4 Å². The third-order valence-electron chi connectivity index (χ3n) is 7.28. The topological polar surface area (TPSA) is 114 Å². The van der Waals surface area contributed by atoms with Crippen molar-refractivity contribution < 1.29 is 9.63 Å². The molecule has 2 aromatic heterocycles. The van der Waals surface area contributed by atoms with Crippen LogP contribution in [-0.4, -0.2) is 44.4 Å². The lowest BCUT2D eigenvalue weighted by molar-refractivity contribution is 0.121. The third kappa shape index (κ3) is 3.83. The smallest absolute Gasteiger partial charge is 0.324 e. The van der Waals surface area contributed by atoms with E-state index in [1.807, 2.05) is 7.05 Å². The summed E-state index contributed by atoms with van der Waals surface area (Å²) in [7, 11) is 2.01. The molecule has 0 aliphatic heterocycles. The predicted octanol–water partition coefficient (Wildman–Crippen LogP) is 3.56. The zero-order chi connectivity index (χ0) is 22.3. The molecule has 1 unspecified atom stereocenters. The molecule has 168 valence electrons. The lowest BCUT2D eigenvalue weighted by Gasteiger charge is -2.31. The van der Waals surface area contributed by atoms with Gasteiger partial charge in [0.1, 0.15) is 0 Å². The highest BCUT2D eigenvalue weighted by Gasteiger charge is 2.47. The molecule has 0 saturated heterocycles. The molecule has 2 aliphatic carbocycles. The minimum absolute atomic E-state index is 0.182. The molecule has 1 atom stereocenters. The maximum atomic E-state index is 9.81. The molecule has 0 spiro atoms. The van der Waals surface area contributed by atoms with E-state index in [2.05, 4.69) is 51.2 Å². The van der Waals surface area contributed by atoms with E-state index in [9.17, 15) is 5.11 Å². The zero-order valence-corrected chi connectivity index (χ0v) is 18.6. The minimum atomic E-state index is -0.304. The molecular formula is C24H30N6O2. The fraction of sp³-hybridized carbons (Fsp3) is 0.500. The number of nitrogens with zero attached hydrogens (tertiary/aromatic N) is 5. The number of nitrogens with two attached hydrogens (primary N) is 1. The van der Waals surface area contributed by atoms with Gasteiger partial charge in [0.15, 0.2) is 5.82 Å². The quantitative estimate of drug-likeness (QED) is 0.605. The molecule has 2 saturated carbocycles. The van der Waals surface area contributed by atoms with Crippen LogP contribution in [0.4, 0.5) is 12.0 Å². The maximum Gasteiger partial charge on any atom is 0.324 e. The van der Waals surface area contributed by atoms with Gasteiger partial charge < -0.3 is 20.3 Å². The molecule has 8 nitrogen and oxygen atoms in total. The number of anilines is 2. The molecule has 2 heterocycles. The predicted molar refractivity (Wildman–Crippen MR) is 122 cm³/mol. The van der Waals surface area contributed by atoms with Crippen molar-refractivity contribution in [3.05, 3.63) is 48.0 Å². The molecule has 5 rings (SSSR count). The highest BCUT2D eigenvalue weighted by atomic mass is 16.5. The Morgan fingerprint density at radius 2 is 1.66 bits per heavy atom. The first-order chi connectivity index (χ1) is 15.4. The van der Waals surface area contributed by atoms with E-state index >= 15 is 0 Å². The fourth-order valence-electron chi connectivity index (χ4n) is 4.88. The summed E-state index contributed by atoms with van der Waals surface area (Å²) in [5.74, 6) is 1.50. The van der Waals surface area contributed by atoms with E-state index in [1.165, 1.54) is 5.56 Å². The summed E-state index contributed by atoms with van der Waals surface area (Å²) in [6.45, 7) is 2.22. The normalized spacial score (nSPS) is 23.0. The van der Waals surface area contributed by atoms with Crippen LogP contribution in [0.1, 0.15) is 56.8 Å². The molecule has 1 aromatic carbocycles. The van der Waals surface area contributed by atoms with Crippen molar-refractivity contribution in [1.29, 1.82) is 0 Å². The van der Waals surface area contributed by atoms with Gasteiger partial charge >= 0.3 is 6.01 Å². The molecule has 0 radical (unpaired) electrons. The summed E-state index contributed by atoms with van der Waals surface area (Å²) in [5, 5.41) is 14.2. The van der Waals surface area contributed by atoms with Crippen molar-refractivity contribution in [2.75, 3.05) is 17.7 Å². The summed E-state index contributed by atoms with van der Waals surface area (Å²) in [6.07, 6.45) is 9.12. The average molecular weight is 435 g/mol. The van der Waals surface area contributed by atoms with E-state index in [1.54, 1.807) is 12.4 Å². The standard InChI is InChI=1S/C24H30N6O2/c1-24(18-7-8-18,17-5-3-15(4-6-17)16-13-26-22(25)27-14-16)21-28-23(32-29-21)30(2)19-9-11-20(31)12-10-19/h3-6,13-14,18-20,31H,7-12H2,1-2H3,(H2,25,26,27). The molecule has 2 aliphatic rings. The van der Waals surface area contributed by atoms with Gasteiger partial charge in [-0.25, -0.2) is 9.97 Å². The zero-order valence-electron chi connectivity index (χ0n) is 18.6. The summed E-state index contributed by atoms with van der Waals surface area (Å²) < 4.78 is 5.73. The van der Waals surface area contributed by atoms with Gasteiger partial charge in [-0.05, 0) is 62.5 Å². The van der Waals surface area contributed by atoms with Gasteiger partial charge in [-0.3, -0.25) is 0 Å². The molecule has 0 amide bonds. The number of rotatable bonds is 6. The van der Waals surface area contributed by atoms with Crippen LogP contribution < -0.4 is 10.6 Å². The van der Waals surface area contributed by atoms with Crippen molar-refractivity contribution in [1.82, 2.24) is 20.1 Å². The van der Waals surface area contributed by atoms with Crippen LogP contribution in [0.25, 0.3) is 11.1 Å². The molecule has 8 heteroatoms. The number of benzene rings is 1. The van der Waals surface area contributed by atoms with Gasteiger partial charge in [-0.15, -0.1) is 0 Å². The molecule has 32 heavy (non-hydrogen) atoms. The van der Waals surface area contributed by atoms with Crippen molar-refractivity contribution in [2.24, 2.45) is 5.92 Å². The van der Waals surface area contributed by atoms with Gasteiger partial charge in [0.05, 0.1) is 11.5 Å². The highest BCUT2D eigenvalue weighted by Crippen LogP contribution is 2.50. The van der Waals surface area contributed by atoms with Crippen molar-refractivity contribution in [3.8, 4) is 11.1 Å². The van der Waals surface area contributed by atoms with Gasteiger partial charge in [0.2, 0.25) is 5.95 Å². The largest absolute Gasteiger partial charge is 0.393 e. The average Bonchev–Trinajstić information content (AvgIpc) is 3.56. The van der Waals surface area contributed by atoms with Crippen LogP contribution in [0.3, 0.4) is 0 Å². The molecular weight excluding hydrogens is 404 g/mol. The summed E-state index contributed by atoms with van der Waals surface area (Å²) in [4.78, 5) is 15.1. The van der Waals surface area contributed by atoms with Crippen molar-refractivity contribution in [2.45, 2.75) is 63.0 Å². The minimum Gasteiger partial charge on any atom is -0.393 e. The Morgan fingerprint density at radius 1 is 1.00 bits per heavy atom. The molecule has 3 aromatic rings. The van der Waals surface area contributed by atoms with E-state index in [0.717, 1.165) is 55.5 Å². The van der Waals surface area contributed by atoms with E-state index in [4.69, 9.17) is 15.2 Å². The SMILES string of the molecule is CN(c1nc(C(C)(c2ccc(-c3cnc(N)nc3)cc2)C2CC2)no1)C1CCC(O)CC1. The van der Waals surface area contributed by atoms with E-state index < -0.39 is 0 Å². The Labute approximate surface area is 187 Å². The van der Waals surface area contributed by atoms with Crippen LogP contribution in [0.5, 0.6) is 0 Å². The van der Waals surface area contributed by atoms with Crippen LogP contribution in [0.15, 0.2) is 41.2 Å². The summed E-state index contributed by atoms with van der Waals surface area (Å²) in [5.41, 5.74) is 8.45. The van der Waals surface area contributed by atoms with E-state index in [-0.39, 0.29) is 17.5 Å². The lowest BCUT2D eigenvalue weighted by Crippen LogP contribution is -2.36. The first kappa shape index (κ1) is 20.9. The Hall–Kier alpha value is -3.00. The van der Waals surface area contributed by atoms with Crippen molar-refractivity contribution >= 4 is 12.0 Å². The summed E-state index contributed by atoms with van der Waals surface area (Å²) >= 11 is 0. The third-order valence-corrected chi connectivity index (χ3v) is 7.28. The van der Waals surface area contributed by atoms with Gasteiger partial charge in [-0.2, -0.15) is 4.98 Å². The van der Waals surface area contributed by atoms with Crippen molar-refractivity contribution in [3.63, 3.8) is 0 Å². The number of aliphatic hydroxyl groups is 1. The fourth-order valence-corrected chi connectivity index (χ4v) is 4.88. The van der Waals surface area contributed by atoms with E-state index in [0.29, 0.717) is 18.0 Å². The first-order valence-electron chi connectivity index (χ1n) is 11.4. The Bertz CT molecular complexity index is 1050. The van der Waals surface area contributed by atoms with Gasteiger partial charge in [0.25, 0.3) is 0 Å². The number of hydrogen-bond donors (Lipinski definition) is 2. The highest BCUT2D eigenvalue weighted by molar-refractivity contribution is 5.62. The second-order valence-corrected chi connectivity index (χ2v) is 9.36.